The molecule has 2 aromatic heterocycles. The van der Waals surface area contributed by atoms with Crippen molar-refractivity contribution in [3.8, 4) is 0 Å². The lowest BCUT2D eigenvalue weighted by Crippen LogP contribution is -2.32. The second kappa shape index (κ2) is 4.97. The summed E-state index contributed by atoms with van der Waals surface area (Å²) in [4.78, 5) is 7.37. The molecule has 1 aliphatic heterocycles. The summed E-state index contributed by atoms with van der Waals surface area (Å²) < 4.78 is 39.8. The Morgan fingerprint density at radius 1 is 1.33 bits per heavy atom. The molecule has 1 atom stereocenters. The second-order valence-corrected chi connectivity index (χ2v) is 4.92. The minimum atomic E-state index is -4.47. The largest absolute Gasteiger partial charge is 0.433 e. The molecule has 112 valence electrons. The fourth-order valence-corrected chi connectivity index (χ4v) is 2.35. The summed E-state index contributed by atoms with van der Waals surface area (Å²) >= 11 is 0. The fraction of sp³-hybridized carbons (Fsp3) is 0.500. The molecular formula is C12H13F3N6. The number of aryl methyl sites for hydroxylation is 2. The van der Waals surface area contributed by atoms with Gasteiger partial charge >= 0.3 is 6.18 Å². The Morgan fingerprint density at radius 2 is 2.14 bits per heavy atom. The topological polar surface area (TPSA) is 68.5 Å². The number of fused-ring (bicyclic) bond motifs is 1. The van der Waals surface area contributed by atoms with Gasteiger partial charge in [0.2, 0.25) is 5.95 Å². The Balaban J connectivity index is 1.75. The molecule has 2 aromatic rings. The molecule has 1 N–H and O–H groups in total. The zero-order chi connectivity index (χ0) is 15.0. The number of rotatable bonds is 2. The lowest BCUT2D eigenvalue weighted by molar-refractivity contribution is -0.141. The SMILES string of the molecule is Cc1nnc2n1CC(Nc1nccc(C(F)(F)F)n1)CC2. The normalized spacial score (nSPS) is 18.4. The van der Waals surface area contributed by atoms with Crippen LogP contribution in [0.2, 0.25) is 0 Å². The van der Waals surface area contributed by atoms with Crippen molar-refractivity contribution in [1.82, 2.24) is 24.7 Å². The molecule has 0 aliphatic carbocycles. The summed E-state index contributed by atoms with van der Waals surface area (Å²) in [5.41, 5.74) is -0.947. The van der Waals surface area contributed by atoms with Crippen LogP contribution in [0.5, 0.6) is 0 Å². The van der Waals surface area contributed by atoms with Crippen molar-refractivity contribution in [3.05, 3.63) is 29.6 Å². The smallest absolute Gasteiger partial charge is 0.350 e. The van der Waals surface area contributed by atoms with Crippen LogP contribution in [0.1, 0.15) is 23.8 Å². The molecule has 3 rings (SSSR count). The van der Waals surface area contributed by atoms with Crippen molar-refractivity contribution < 1.29 is 13.2 Å². The quantitative estimate of drug-likeness (QED) is 0.916. The molecule has 0 saturated heterocycles. The third-order valence-corrected chi connectivity index (χ3v) is 3.41. The monoisotopic (exact) mass is 298 g/mol. The van der Waals surface area contributed by atoms with E-state index in [-0.39, 0.29) is 12.0 Å². The van der Waals surface area contributed by atoms with Crippen LogP contribution in [0.3, 0.4) is 0 Å². The van der Waals surface area contributed by atoms with E-state index in [1.165, 1.54) is 0 Å². The van der Waals surface area contributed by atoms with Crippen LogP contribution >= 0.6 is 0 Å². The van der Waals surface area contributed by atoms with Gasteiger partial charge in [-0.1, -0.05) is 0 Å². The van der Waals surface area contributed by atoms with Crippen LogP contribution < -0.4 is 5.32 Å². The summed E-state index contributed by atoms with van der Waals surface area (Å²) in [6.07, 6.45) is -1.89. The van der Waals surface area contributed by atoms with Gasteiger partial charge in [-0.15, -0.1) is 10.2 Å². The fourth-order valence-electron chi connectivity index (χ4n) is 2.35. The Morgan fingerprint density at radius 3 is 2.90 bits per heavy atom. The molecule has 0 radical (unpaired) electrons. The molecule has 1 unspecified atom stereocenters. The maximum Gasteiger partial charge on any atom is 0.433 e. The standard InChI is InChI=1S/C12H13F3N6/c1-7-19-20-10-3-2-8(6-21(7)10)17-11-16-5-4-9(18-11)12(13,14)15/h4-5,8H,2-3,6H2,1H3,(H,16,17,18). The number of anilines is 1. The molecule has 0 saturated carbocycles. The van der Waals surface area contributed by atoms with E-state index in [1.807, 2.05) is 11.5 Å². The number of halogens is 3. The zero-order valence-corrected chi connectivity index (χ0v) is 11.2. The number of hydrogen-bond donors (Lipinski definition) is 1. The van der Waals surface area contributed by atoms with E-state index in [1.54, 1.807) is 0 Å². The van der Waals surface area contributed by atoms with E-state index in [0.717, 1.165) is 36.8 Å². The summed E-state index contributed by atoms with van der Waals surface area (Å²) in [7, 11) is 0. The molecule has 0 fully saturated rings. The highest BCUT2D eigenvalue weighted by Crippen LogP contribution is 2.27. The molecule has 9 heteroatoms. The summed E-state index contributed by atoms with van der Waals surface area (Å²) in [5, 5.41) is 11.0. The van der Waals surface area contributed by atoms with Gasteiger partial charge in [0.1, 0.15) is 17.3 Å². The first-order chi connectivity index (χ1) is 9.93. The first-order valence-electron chi connectivity index (χ1n) is 6.49. The molecule has 1 aliphatic rings. The van der Waals surface area contributed by atoms with E-state index in [2.05, 4.69) is 25.5 Å². The van der Waals surface area contributed by atoms with Gasteiger partial charge < -0.3 is 9.88 Å². The van der Waals surface area contributed by atoms with Gasteiger partial charge in [0, 0.05) is 25.2 Å². The molecule has 3 heterocycles. The lowest BCUT2D eigenvalue weighted by Gasteiger charge is -2.25. The Kier molecular flexibility index (Phi) is 3.26. The molecule has 6 nitrogen and oxygen atoms in total. The van der Waals surface area contributed by atoms with Gasteiger partial charge in [0.15, 0.2) is 0 Å². The molecule has 0 bridgehead atoms. The highest BCUT2D eigenvalue weighted by molar-refractivity contribution is 5.28. The average molecular weight is 298 g/mol. The van der Waals surface area contributed by atoms with Crippen LogP contribution in [0.15, 0.2) is 12.3 Å². The van der Waals surface area contributed by atoms with Gasteiger partial charge in [0.25, 0.3) is 0 Å². The predicted octanol–water partition coefficient (Wildman–Crippen LogP) is 1.82. The van der Waals surface area contributed by atoms with Crippen molar-refractivity contribution >= 4 is 5.95 Å². The highest BCUT2D eigenvalue weighted by atomic mass is 19.4. The van der Waals surface area contributed by atoms with Crippen molar-refractivity contribution in [2.75, 3.05) is 5.32 Å². The first-order valence-corrected chi connectivity index (χ1v) is 6.49. The first kappa shape index (κ1) is 13.8. The third kappa shape index (κ3) is 2.81. The molecule has 0 amide bonds. The molecule has 0 spiro atoms. The lowest BCUT2D eigenvalue weighted by atomic mass is 10.1. The molecule has 0 aromatic carbocycles. The van der Waals surface area contributed by atoms with Crippen LogP contribution in [-0.2, 0) is 19.1 Å². The Hall–Kier alpha value is -2.19. The van der Waals surface area contributed by atoms with Crippen LogP contribution in [-0.4, -0.2) is 30.8 Å². The molecule has 21 heavy (non-hydrogen) atoms. The van der Waals surface area contributed by atoms with Gasteiger partial charge in [-0.05, 0) is 19.4 Å². The van der Waals surface area contributed by atoms with Crippen molar-refractivity contribution in [2.45, 2.75) is 38.5 Å². The summed E-state index contributed by atoms with van der Waals surface area (Å²) in [6.45, 7) is 2.44. The Bertz CT molecular complexity index is 651. The van der Waals surface area contributed by atoms with Gasteiger partial charge in [-0.25, -0.2) is 9.97 Å². The average Bonchev–Trinajstić information content (AvgIpc) is 2.80. The minimum absolute atomic E-state index is 0.0102. The number of hydrogen-bond acceptors (Lipinski definition) is 5. The second-order valence-electron chi connectivity index (χ2n) is 4.92. The van der Waals surface area contributed by atoms with Gasteiger partial charge in [-0.2, -0.15) is 13.2 Å². The Labute approximate surface area is 118 Å². The highest BCUT2D eigenvalue weighted by Gasteiger charge is 2.33. The number of nitrogens with one attached hydrogen (secondary N) is 1. The summed E-state index contributed by atoms with van der Waals surface area (Å²) in [5.74, 6) is 1.68. The van der Waals surface area contributed by atoms with E-state index in [4.69, 9.17) is 0 Å². The molecular weight excluding hydrogens is 285 g/mol. The van der Waals surface area contributed by atoms with Gasteiger partial charge in [-0.3, -0.25) is 0 Å². The maximum absolute atomic E-state index is 12.6. The van der Waals surface area contributed by atoms with Crippen LogP contribution in [0, 0.1) is 6.92 Å². The van der Waals surface area contributed by atoms with Gasteiger partial charge in [0.05, 0.1) is 0 Å². The predicted molar refractivity (Wildman–Crippen MR) is 67.5 cm³/mol. The minimum Gasteiger partial charge on any atom is -0.350 e. The van der Waals surface area contributed by atoms with Crippen LogP contribution in [0.4, 0.5) is 19.1 Å². The number of alkyl halides is 3. The van der Waals surface area contributed by atoms with Crippen LogP contribution in [0.25, 0.3) is 0 Å². The van der Waals surface area contributed by atoms with E-state index < -0.39 is 11.9 Å². The third-order valence-electron chi connectivity index (χ3n) is 3.41. The van der Waals surface area contributed by atoms with E-state index in [0.29, 0.717) is 6.54 Å². The summed E-state index contributed by atoms with van der Waals surface area (Å²) in [6, 6.07) is 0.810. The number of nitrogens with zero attached hydrogens (tertiary/aromatic N) is 5. The van der Waals surface area contributed by atoms with Crippen molar-refractivity contribution in [2.24, 2.45) is 0 Å². The van der Waals surface area contributed by atoms with Crippen molar-refractivity contribution in [1.29, 1.82) is 0 Å². The maximum atomic E-state index is 12.6. The van der Waals surface area contributed by atoms with Crippen molar-refractivity contribution in [3.63, 3.8) is 0 Å². The van der Waals surface area contributed by atoms with E-state index in [9.17, 15) is 13.2 Å². The zero-order valence-electron chi connectivity index (χ0n) is 11.2. The number of aromatic nitrogens is 5. The van der Waals surface area contributed by atoms with E-state index >= 15 is 0 Å².